The molecule has 4 heterocycles. The molecule has 0 aliphatic carbocycles. The van der Waals surface area contributed by atoms with Gasteiger partial charge in [0.2, 0.25) is 0 Å². The zero-order valence-electron chi connectivity index (χ0n) is 52.3. The van der Waals surface area contributed by atoms with Gasteiger partial charge < -0.3 is 19.1 Å². The van der Waals surface area contributed by atoms with Crippen LogP contribution in [0, 0.1) is 6.85 Å². The zero-order chi connectivity index (χ0) is 58.8. The second-order valence-electron chi connectivity index (χ2n) is 20.8. The minimum absolute atomic E-state index is 0.0162. The first-order valence-corrected chi connectivity index (χ1v) is 24.5. The maximum absolute atomic E-state index is 9.13. The second-order valence-corrected chi connectivity index (χ2v) is 20.8. The third-order valence-corrected chi connectivity index (χ3v) is 14.2. The molecule has 1 aliphatic rings. The van der Waals surface area contributed by atoms with E-state index in [1.807, 2.05) is 72.8 Å². The Bertz CT molecular complexity index is 4380. The van der Waals surface area contributed by atoms with Crippen LogP contribution in [0.15, 0.2) is 194 Å². The molecule has 0 spiro atoms. The van der Waals surface area contributed by atoms with Crippen LogP contribution in [0.5, 0.6) is 5.75 Å². The summed E-state index contributed by atoms with van der Waals surface area (Å²) in [7, 11) is 0. The van der Waals surface area contributed by atoms with Gasteiger partial charge in [0, 0.05) is 55.8 Å². The standard InChI is InChI=1S/C66H61N5O/c1-44-17-14-24-53(46-19-16-20-47(38-46)65(2,3)4)52(44)34-36-68-43-69(62-28-13-12-27-61(62)68)49-21-15-18-45(37-49)42-72-51-30-31-56-57-40-50(70-58-25-10-8-22-54(58)55-23-9-11-26-59(55)70)29-32-60(57)71(63(56)41-51)64-39-48(33-35-67-64)66(5,6)7/h8-33,35,37-41H,34,36,42-43H2,1-7H3/i1D3,8D,9D,10D,11D,22D,23D,25D,26D. The molecule has 72 heavy (non-hydrogen) atoms. The lowest BCUT2D eigenvalue weighted by Gasteiger charge is -2.24. The fourth-order valence-corrected chi connectivity index (χ4v) is 10.4. The molecule has 0 fully saturated rings. The summed E-state index contributed by atoms with van der Waals surface area (Å²) in [5.74, 6) is 1.27. The number of hydrogen-bond acceptors (Lipinski definition) is 4. The summed E-state index contributed by atoms with van der Waals surface area (Å²) in [6, 6.07) is 42.8. The Morgan fingerprint density at radius 1 is 0.583 bits per heavy atom. The van der Waals surface area contributed by atoms with Crippen LogP contribution in [0.4, 0.5) is 17.1 Å². The Balaban J connectivity index is 0.887. The molecule has 0 saturated heterocycles. The van der Waals surface area contributed by atoms with Gasteiger partial charge in [0.15, 0.2) is 0 Å². The first-order chi connectivity index (χ1) is 39.4. The molecular weight excluding hydrogens is 879 g/mol. The van der Waals surface area contributed by atoms with Gasteiger partial charge in [0.25, 0.3) is 0 Å². The van der Waals surface area contributed by atoms with E-state index in [4.69, 9.17) is 24.8 Å². The van der Waals surface area contributed by atoms with Crippen molar-refractivity contribution in [2.75, 3.05) is 23.0 Å². The van der Waals surface area contributed by atoms with Gasteiger partial charge in [-0.2, -0.15) is 0 Å². The van der Waals surface area contributed by atoms with Crippen molar-refractivity contribution in [3.63, 3.8) is 0 Å². The summed E-state index contributed by atoms with van der Waals surface area (Å²) in [6.45, 7) is 12.1. The molecule has 0 bridgehead atoms. The van der Waals surface area contributed by atoms with E-state index < -0.39 is 31.0 Å². The molecular formula is C66H61N5O. The number of fused-ring (bicyclic) bond motifs is 7. The number of nitrogens with zero attached hydrogens (tertiary/aromatic N) is 5. The molecule has 8 aromatic carbocycles. The van der Waals surface area contributed by atoms with Crippen LogP contribution in [0.2, 0.25) is 0 Å². The van der Waals surface area contributed by atoms with Crippen LogP contribution in [0.1, 0.15) is 84.4 Å². The van der Waals surface area contributed by atoms with Gasteiger partial charge in [-0.15, -0.1) is 0 Å². The predicted molar refractivity (Wildman–Crippen MR) is 302 cm³/mol. The highest BCUT2D eigenvalue weighted by Crippen LogP contribution is 2.42. The third kappa shape index (κ3) is 8.05. The fourth-order valence-electron chi connectivity index (χ4n) is 10.4. The van der Waals surface area contributed by atoms with E-state index in [2.05, 4.69) is 111 Å². The highest BCUT2D eigenvalue weighted by molar-refractivity contribution is 6.12. The van der Waals surface area contributed by atoms with Crippen LogP contribution < -0.4 is 14.5 Å². The Labute approximate surface area is 438 Å². The number of aryl methyl sites for hydroxylation is 1. The third-order valence-electron chi connectivity index (χ3n) is 14.2. The average Bonchev–Trinajstić information content (AvgIpc) is 1.65. The first-order valence-electron chi connectivity index (χ1n) is 30.0. The molecule has 0 radical (unpaired) electrons. The molecule has 0 atom stereocenters. The molecule has 6 nitrogen and oxygen atoms in total. The first kappa shape index (κ1) is 34.3. The number of aromatic nitrogens is 3. The van der Waals surface area contributed by atoms with Crippen molar-refractivity contribution in [3.05, 3.63) is 222 Å². The fraction of sp³-hybridized carbons (Fsp3) is 0.197. The maximum Gasteiger partial charge on any atom is 0.137 e. The SMILES string of the molecule is [2H]c1c([2H])c([2H])c2c(c1[2H])c1c([2H])c([2H])c([2H])c([2H])c1n2-c1ccc2c(c1)c1ccc(OCc3cccc(N4CN(CCc5c(-c6cccc(C(C)(C)C)c6)cccc5C([2H])([2H])[2H])c5ccccc54)c3)cc1n2-c1cc(C(C)(C)C)ccn1. The quantitative estimate of drug-likeness (QED) is 0.137. The molecule has 0 saturated carbocycles. The van der Waals surface area contributed by atoms with E-state index in [9.17, 15) is 0 Å². The van der Waals surface area contributed by atoms with Crippen LogP contribution >= 0.6 is 0 Å². The highest BCUT2D eigenvalue weighted by atomic mass is 16.5. The highest BCUT2D eigenvalue weighted by Gasteiger charge is 2.28. The molecule has 6 heteroatoms. The minimum atomic E-state index is -2.29. The number of anilines is 3. The van der Waals surface area contributed by atoms with E-state index in [1.54, 1.807) is 18.3 Å². The number of hydrogen-bond donors (Lipinski definition) is 0. The summed E-state index contributed by atoms with van der Waals surface area (Å²) in [5.41, 5.74) is 11.3. The molecule has 0 unspecified atom stereocenters. The van der Waals surface area contributed by atoms with Crippen molar-refractivity contribution < 1.29 is 19.8 Å². The van der Waals surface area contributed by atoms with Crippen LogP contribution in [-0.2, 0) is 23.9 Å². The van der Waals surface area contributed by atoms with Crippen molar-refractivity contribution in [2.45, 2.75) is 72.3 Å². The van der Waals surface area contributed by atoms with Crippen LogP contribution in [-0.4, -0.2) is 27.3 Å². The number of ether oxygens (including phenoxy) is 1. The maximum atomic E-state index is 9.13. The van der Waals surface area contributed by atoms with Gasteiger partial charge >= 0.3 is 0 Å². The zero-order valence-corrected chi connectivity index (χ0v) is 41.3. The molecule has 3 aromatic heterocycles. The predicted octanol–water partition coefficient (Wildman–Crippen LogP) is 16.6. The number of rotatable bonds is 10. The lowest BCUT2D eigenvalue weighted by molar-refractivity contribution is 0.306. The minimum Gasteiger partial charge on any atom is -0.489 e. The molecule has 0 amide bonds. The van der Waals surface area contributed by atoms with Crippen molar-refractivity contribution in [3.8, 4) is 28.4 Å². The smallest absolute Gasteiger partial charge is 0.137 e. The Morgan fingerprint density at radius 3 is 2.10 bits per heavy atom. The van der Waals surface area contributed by atoms with Crippen molar-refractivity contribution in [2.24, 2.45) is 0 Å². The van der Waals surface area contributed by atoms with E-state index in [1.165, 1.54) is 10.1 Å². The Kier molecular flexibility index (Phi) is 8.40. The van der Waals surface area contributed by atoms with Crippen LogP contribution in [0.3, 0.4) is 0 Å². The van der Waals surface area contributed by atoms with E-state index >= 15 is 0 Å². The molecule has 12 rings (SSSR count). The monoisotopic (exact) mass is 951 g/mol. The molecule has 1 aliphatic heterocycles. The summed E-state index contributed by atoms with van der Waals surface area (Å²) >= 11 is 0. The van der Waals surface area contributed by atoms with Crippen molar-refractivity contribution in [1.82, 2.24) is 14.1 Å². The normalized spacial score (nSPS) is 15.3. The van der Waals surface area contributed by atoms with E-state index in [0.717, 1.165) is 66.7 Å². The topological polar surface area (TPSA) is 38.5 Å². The second kappa shape index (κ2) is 17.6. The van der Waals surface area contributed by atoms with Gasteiger partial charge in [-0.1, -0.05) is 145 Å². The number of benzene rings is 8. The lowest BCUT2D eigenvalue weighted by atomic mass is 9.84. The van der Waals surface area contributed by atoms with Crippen LogP contribution in [0.25, 0.3) is 66.2 Å². The lowest BCUT2D eigenvalue weighted by Crippen LogP contribution is -2.30. The Hall–Kier alpha value is -8.09. The average molecular weight is 951 g/mol. The van der Waals surface area contributed by atoms with E-state index in [0.29, 0.717) is 42.5 Å². The molecule has 356 valence electrons. The molecule has 11 aromatic rings. The molecule has 0 N–H and O–H groups in total. The number of para-hydroxylation sites is 4. The van der Waals surface area contributed by atoms with Gasteiger partial charge in [-0.25, -0.2) is 4.98 Å². The summed E-state index contributed by atoms with van der Waals surface area (Å²) in [4.78, 5) is 9.50. The van der Waals surface area contributed by atoms with Crippen molar-refractivity contribution in [1.29, 1.82) is 0 Å². The van der Waals surface area contributed by atoms with Gasteiger partial charge in [-0.05, 0) is 142 Å². The number of pyridine rings is 1. The summed E-state index contributed by atoms with van der Waals surface area (Å²) in [5, 5.41) is 1.63. The van der Waals surface area contributed by atoms with E-state index in [-0.39, 0.29) is 63.4 Å². The van der Waals surface area contributed by atoms with Gasteiger partial charge in [-0.3, -0.25) is 4.57 Å². The van der Waals surface area contributed by atoms with Gasteiger partial charge in [0.1, 0.15) is 18.2 Å². The Morgan fingerprint density at radius 2 is 1.32 bits per heavy atom. The van der Waals surface area contributed by atoms with Crippen molar-refractivity contribution >= 4 is 60.7 Å². The summed E-state index contributed by atoms with van der Waals surface area (Å²) < 4.78 is 107. The largest absolute Gasteiger partial charge is 0.489 e. The van der Waals surface area contributed by atoms with Gasteiger partial charge in [0.05, 0.1) is 51.1 Å². The summed E-state index contributed by atoms with van der Waals surface area (Å²) in [6.07, 6.45) is 2.32.